The molecule has 0 unspecified atom stereocenters. The third kappa shape index (κ3) is 2.93. The average molecular weight is 232 g/mol. The molecule has 1 nitrogen and oxygen atoms in total. The monoisotopic (exact) mass is 231 g/mol. The van der Waals surface area contributed by atoms with Gasteiger partial charge in [-0.25, -0.2) is 0 Å². The van der Waals surface area contributed by atoms with Gasteiger partial charge < -0.3 is 0 Å². The van der Waals surface area contributed by atoms with Crippen LogP contribution in [0.1, 0.15) is 5.56 Å². The van der Waals surface area contributed by atoms with Gasteiger partial charge >= 0.3 is 0 Å². The Hall–Kier alpha value is -0.680. The van der Waals surface area contributed by atoms with Crippen LogP contribution in [0, 0.1) is 11.3 Å². The van der Waals surface area contributed by atoms with E-state index in [1.807, 2.05) is 6.07 Å². The fourth-order valence-electron chi connectivity index (χ4n) is 0.832. The number of allylic oxidation sites excluding steroid dienone is 1. The van der Waals surface area contributed by atoms with E-state index in [1.165, 1.54) is 6.08 Å². The molecule has 1 aromatic carbocycles. The topological polar surface area (TPSA) is 23.8 Å². The summed E-state index contributed by atoms with van der Waals surface area (Å²) in [4.78, 5) is 0. The molecule has 66 valence electrons. The molecule has 0 spiro atoms. The molecule has 0 atom stereocenters. The molecule has 0 aromatic heterocycles. The Balaban J connectivity index is 3.17. The Morgan fingerprint density at radius 3 is 2.23 bits per heavy atom. The van der Waals surface area contributed by atoms with Gasteiger partial charge in [0.25, 0.3) is 0 Å². The maximum Gasteiger partial charge on any atom is 0.0927 e. The smallest absolute Gasteiger partial charge is 0.0927 e. The number of nitriles is 1. The summed E-state index contributed by atoms with van der Waals surface area (Å²) in [5.74, 6) is 0. The molecular weight excluding hydrogens is 228 g/mol. The van der Waals surface area contributed by atoms with Gasteiger partial charge in [0.05, 0.1) is 11.1 Å². The summed E-state index contributed by atoms with van der Waals surface area (Å²) >= 11 is 17.3. The van der Waals surface area contributed by atoms with E-state index < -0.39 is 0 Å². The van der Waals surface area contributed by atoms with Crippen molar-refractivity contribution in [3.63, 3.8) is 0 Å². The van der Waals surface area contributed by atoms with Crippen molar-refractivity contribution in [2.24, 2.45) is 0 Å². The molecule has 0 fully saturated rings. The van der Waals surface area contributed by atoms with Crippen molar-refractivity contribution < 1.29 is 0 Å². The Morgan fingerprint density at radius 1 is 1.23 bits per heavy atom. The number of benzene rings is 1. The van der Waals surface area contributed by atoms with Gasteiger partial charge in [0.1, 0.15) is 0 Å². The number of hydrogen-bond acceptors (Lipinski definition) is 1. The predicted octanol–water partition coefficient (Wildman–Crippen LogP) is 4.10. The molecular formula is C9H4Cl3N. The first-order valence-corrected chi connectivity index (χ1v) is 4.48. The van der Waals surface area contributed by atoms with Crippen LogP contribution in [0.4, 0.5) is 0 Å². The normalized spacial score (nSPS) is 11.1. The maximum absolute atomic E-state index is 8.36. The number of nitrogens with zero attached hydrogens (tertiary/aromatic N) is 1. The van der Waals surface area contributed by atoms with Crippen LogP contribution in [0.2, 0.25) is 10.0 Å². The molecule has 0 saturated carbocycles. The van der Waals surface area contributed by atoms with Gasteiger partial charge in [0.15, 0.2) is 0 Å². The molecule has 0 amide bonds. The van der Waals surface area contributed by atoms with Gasteiger partial charge in [-0.2, -0.15) is 5.26 Å². The Kier molecular flexibility index (Phi) is 3.62. The number of halogens is 3. The largest absolute Gasteiger partial charge is 0.193 e. The summed E-state index contributed by atoms with van der Waals surface area (Å²) in [6, 6.07) is 6.71. The minimum absolute atomic E-state index is 0.326. The van der Waals surface area contributed by atoms with Gasteiger partial charge in [0, 0.05) is 16.1 Å². The van der Waals surface area contributed by atoms with Crippen LogP contribution < -0.4 is 0 Å². The highest BCUT2D eigenvalue weighted by Gasteiger charge is 2.01. The third-order valence-electron chi connectivity index (χ3n) is 1.33. The SMILES string of the molecule is N#C/C=C(/Cl)c1cc(Cl)cc(Cl)c1. The molecule has 0 radical (unpaired) electrons. The van der Waals surface area contributed by atoms with E-state index in [2.05, 4.69) is 0 Å². The van der Waals surface area contributed by atoms with Crippen LogP contribution in [-0.2, 0) is 0 Å². The molecule has 0 bridgehead atoms. The van der Waals surface area contributed by atoms with E-state index >= 15 is 0 Å². The van der Waals surface area contributed by atoms with Crippen LogP contribution in [0.25, 0.3) is 5.03 Å². The van der Waals surface area contributed by atoms with Crippen LogP contribution in [0.3, 0.4) is 0 Å². The van der Waals surface area contributed by atoms with E-state index in [-0.39, 0.29) is 0 Å². The van der Waals surface area contributed by atoms with E-state index in [1.54, 1.807) is 18.2 Å². The van der Waals surface area contributed by atoms with E-state index in [0.29, 0.717) is 20.6 Å². The Labute approximate surface area is 91.1 Å². The lowest BCUT2D eigenvalue weighted by molar-refractivity contribution is 1.53. The van der Waals surface area contributed by atoms with Crippen molar-refractivity contribution in [2.75, 3.05) is 0 Å². The van der Waals surface area contributed by atoms with Crippen molar-refractivity contribution in [2.45, 2.75) is 0 Å². The Morgan fingerprint density at radius 2 is 1.77 bits per heavy atom. The molecule has 1 aromatic rings. The van der Waals surface area contributed by atoms with Gasteiger partial charge in [-0.15, -0.1) is 0 Å². The van der Waals surface area contributed by atoms with Crippen molar-refractivity contribution in [1.29, 1.82) is 5.26 Å². The fourth-order valence-corrected chi connectivity index (χ4v) is 1.52. The predicted molar refractivity (Wildman–Crippen MR) is 55.9 cm³/mol. The first kappa shape index (κ1) is 10.4. The summed E-state index contributed by atoms with van der Waals surface area (Å²) in [5, 5.41) is 9.67. The molecule has 1 rings (SSSR count). The minimum atomic E-state index is 0.326. The first-order valence-electron chi connectivity index (χ1n) is 3.35. The number of rotatable bonds is 1. The molecule has 0 aliphatic rings. The molecule has 0 aliphatic carbocycles. The van der Waals surface area contributed by atoms with E-state index in [9.17, 15) is 0 Å². The summed E-state index contributed by atoms with van der Waals surface area (Å²) in [7, 11) is 0. The summed E-state index contributed by atoms with van der Waals surface area (Å²) in [5.41, 5.74) is 0.640. The van der Waals surface area contributed by atoms with Crippen LogP contribution in [0.5, 0.6) is 0 Å². The average Bonchev–Trinajstić information content (AvgIpc) is 2.03. The fraction of sp³-hybridized carbons (Fsp3) is 0. The summed E-state index contributed by atoms with van der Waals surface area (Å²) in [6.07, 6.45) is 1.23. The van der Waals surface area contributed by atoms with Gasteiger partial charge in [0.2, 0.25) is 0 Å². The maximum atomic E-state index is 8.36. The van der Waals surface area contributed by atoms with Crippen molar-refractivity contribution in [3.8, 4) is 6.07 Å². The summed E-state index contributed by atoms with van der Waals surface area (Å²) in [6.45, 7) is 0. The molecule has 0 saturated heterocycles. The van der Waals surface area contributed by atoms with Crippen molar-refractivity contribution >= 4 is 39.8 Å². The minimum Gasteiger partial charge on any atom is -0.193 e. The highest BCUT2D eigenvalue weighted by atomic mass is 35.5. The first-order chi connectivity index (χ1) is 6.13. The lowest BCUT2D eigenvalue weighted by Gasteiger charge is -1.99. The van der Waals surface area contributed by atoms with Gasteiger partial charge in [-0.3, -0.25) is 0 Å². The zero-order valence-electron chi connectivity index (χ0n) is 6.39. The highest BCUT2D eigenvalue weighted by molar-refractivity contribution is 6.49. The standard InChI is InChI=1S/C9H4Cl3N/c10-7-3-6(4-8(11)5-7)9(12)1-2-13/h1,3-5H/b9-1+. The Bertz CT molecular complexity index is 370. The van der Waals surface area contributed by atoms with Gasteiger partial charge in [-0.05, 0) is 23.8 Å². The third-order valence-corrected chi connectivity index (χ3v) is 2.09. The van der Waals surface area contributed by atoms with Gasteiger partial charge in [-0.1, -0.05) is 34.8 Å². The molecule has 13 heavy (non-hydrogen) atoms. The lowest BCUT2D eigenvalue weighted by Crippen LogP contribution is -1.77. The second kappa shape index (κ2) is 4.53. The van der Waals surface area contributed by atoms with Crippen molar-refractivity contribution in [1.82, 2.24) is 0 Å². The van der Waals surface area contributed by atoms with E-state index in [0.717, 1.165) is 0 Å². The molecule has 4 heteroatoms. The van der Waals surface area contributed by atoms with Crippen LogP contribution in [-0.4, -0.2) is 0 Å². The second-order valence-electron chi connectivity index (χ2n) is 2.28. The molecule has 0 N–H and O–H groups in total. The quantitative estimate of drug-likeness (QED) is 0.669. The van der Waals surface area contributed by atoms with E-state index in [4.69, 9.17) is 40.1 Å². The van der Waals surface area contributed by atoms with Crippen LogP contribution >= 0.6 is 34.8 Å². The molecule has 0 heterocycles. The van der Waals surface area contributed by atoms with Crippen LogP contribution in [0.15, 0.2) is 24.3 Å². The highest BCUT2D eigenvalue weighted by Crippen LogP contribution is 2.26. The second-order valence-corrected chi connectivity index (χ2v) is 3.56. The zero-order valence-corrected chi connectivity index (χ0v) is 8.66. The zero-order chi connectivity index (χ0) is 9.84. The lowest BCUT2D eigenvalue weighted by atomic mass is 10.2. The van der Waals surface area contributed by atoms with Crippen molar-refractivity contribution in [3.05, 3.63) is 39.9 Å². The summed E-state index contributed by atoms with van der Waals surface area (Å²) < 4.78 is 0. The number of hydrogen-bond donors (Lipinski definition) is 0. The molecule has 0 aliphatic heterocycles.